The lowest BCUT2D eigenvalue weighted by Gasteiger charge is -2.21. The summed E-state index contributed by atoms with van der Waals surface area (Å²) in [6.45, 7) is 4.52. The number of phosphoric ester groups is 2. The van der Waals surface area contributed by atoms with Crippen molar-refractivity contribution in [1.82, 2.24) is 0 Å². The Morgan fingerprint density at radius 3 is 0.806 bits per heavy atom. The largest absolute Gasteiger partial charge is 0.472 e. The molecule has 3 N–H and O–H groups in total. The molecule has 0 aromatic carbocycles. The molecular formula is C89H146O17P2. The lowest BCUT2D eigenvalue weighted by Crippen LogP contribution is -2.30. The van der Waals surface area contributed by atoms with Crippen molar-refractivity contribution < 1.29 is 80.2 Å². The Balaban J connectivity index is 5.49. The Morgan fingerprint density at radius 1 is 0.269 bits per heavy atom. The Bertz CT molecular complexity index is 2710. The van der Waals surface area contributed by atoms with Crippen LogP contribution in [0.15, 0.2) is 170 Å². The summed E-state index contributed by atoms with van der Waals surface area (Å²) in [7, 11) is -10.0. The van der Waals surface area contributed by atoms with Crippen molar-refractivity contribution in [2.75, 3.05) is 39.6 Å². The first-order valence-electron chi connectivity index (χ1n) is 41.4. The predicted molar refractivity (Wildman–Crippen MR) is 445 cm³/mol. The molecule has 0 aliphatic carbocycles. The number of esters is 4. The molecule has 0 saturated heterocycles. The standard InChI is InChI=1S/C89H146O17P2/c1-5-9-13-17-21-25-29-33-37-39-41-43-47-49-53-57-61-65-69-73-86(91)99-79-84(105-88(93)75-71-67-63-59-55-51-45-35-31-27-23-19-15-11-7-3)81-103-107(95,96)101-77-83(90)78-102-108(97,98)104-82-85(106-89(94)76-72-68-64-60-56-52-46-36-32-28-24-20-16-12-8-4)80-100-87(92)74-70-66-62-58-54-50-48-44-42-40-38-34-30-26-22-18-14-10-6-2/h9,13,21-28,33-38,41-46,49-50,53-54,62,66,83-85,90H,5-8,10-12,14-20,29-32,39-40,47-48,51-52,55-61,63-65,67-82H2,1-4H3,(H,95,96)(H,97,98)/b13-9-,25-21-,26-22-,27-23-,28-24-,37-33-,38-34-,43-41-,44-42-,45-35-,46-36-,53-49-,54-50-,66-62-/t83-,84-,85-/m1/s1. The van der Waals surface area contributed by atoms with E-state index in [1.54, 1.807) is 0 Å². The molecule has 0 fully saturated rings. The smallest absolute Gasteiger partial charge is 0.462 e. The van der Waals surface area contributed by atoms with Gasteiger partial charge in [0.1, 0.15) is 19.3 Å². The Morgan fingerprint density at radius 2 is 0.500 bits per heavy atom. The summed E-state index contributed by atoms with van der Waals surface area (Å²) < 4.78 is 68.6. The Labute approximate surface area is 654 Å². The van der Waals surface area contributed by atoms with E-state index in [4.69, 9.17) is 37.0 Å². The van der Waals surface area contributed by atoms with Gasteiger partial charge < -0.3 is 33.8 Å². The predicted octanol–water partition coefficient (Wildman–Crippen LogP) is 24.6. The van der Waals surface area contributed by atoms with Crippen LogP contribution in [-0.2, 0) is 65.4 Å². The maximum Gasteiger partial charge on any atom is 0.472 e. The molecule has 0 bridgehead atoms. The van der Waals surface area contributed by atoms with Gasteiger partial charge in [-0.1, -0.05) is 281 Å². The zero-order valence-electron chi connectivity index (χ0n) is 67.2. The van der Waals surface area contributed by atoms with Crippen LogP contribution in [0.3, 0.4) is 0 Å². The molecule has 0 aromatic rings. The van der Waals surface area contributed by atoms with Crippen molar-refractivity contribution >= 4 is 39.5 Å². The molecule has 0 amide bonds. The van der Waals surface area contributed by atoms with Gasteiger partial charge in [0.05, 0.1) is 26.4 Å². The van der Waals surface area contributed by atoms with Crippen LogP contribution in [0, 0.1) is 0 Å². The number of aliphatic hydroxyl groups is 1. The molecule has 0 radical (unpaired) electrons. The van der Waals surface area contributed by atoms with E-state index in [1.807, 2.05) is 18.2 Å². The number of hydrogen-bond acceptors (Lipinski definition) is 15. The molecule has 2 unspecified atom stereocenters. The van der Waals surface area contributed by atoms with E-state index in [-0.39, 0.29) is 25.7 Å². The highest BCUT2D eigenvalue weighted by molar-refractivity contribution is 7.47. The van der Waals surface area contributed by atoms with E-state index >= 15 is 0 Å². The van der Waals surface area contributed by atoms with E-state index in [0.717, 1.165) is 167 Å². The second-order valence-corrected chi connectivity index (χ2v) is 29.9. The Kier molecular flexibility index (Phi) is 75.4. The van der Waals surface area contributed by atoms with Gasteiger partial charge in [0.15, 0.2) is 12.2 Å². The molecule has 17 nitrogen and oxygen atoms in total. The topological polar surface area (TPSA) is 237 Å². The van der Waals surface area contributed by atoms with Crippen molar-refractivity contribution in [3.05, 3.63) is 170 Å². The third kappa shape index (κ3) is 78.5. The summed E-state index contributed by atoms with van der Waals surface area (Å²) in [6, 6.07) is 0. The molecule has 614 valence electrons. The second kappa shape index (κ2) is 79.5. The minimum atomic E-state index is -5.01. The highest BCUT2D eigenvalue weighted by atomic mass is 31.2. The van der Waals surface area contributed by atoms with Crippen molar-refractivity contribution in [2.24, 2.45) is 0 Å². The molecule has 0 aliphatic rings. The van der Waals surface area contributed by atoms with Gasteiger partial charge in [0, 0.05) is 25.7 Å². The number of hydrogen-bond donors (Lipinski definition) is 3. The van der Waals surface area contributed by atoms with E-state index < -0.39 is 97.5 Å². The number of ether oxygens (including phenoxy) is 4. The fourth-order valence-corrected chi connectivity index (χ4v) is 11.9. The van der Waals surface area contributed by atoms with Crippen molar-refractivity contribution in [2.45, 2.75) is 329 Å². The summed E-state index contributed by atoms with van der Waals surface area (Å²) in [5.41, 5.74) is 0. The van der Waals surface area contributed by atoms with E-state index in [0.29, 0.717) is 32.1 Å². The highest BCUT2D eigenvalue weighted by Gasteiger charge is 2.30. The number of allylic oxidation sites excluding steroid dienone is 28. The molecule has 0 aromatic heterocycles. The van der Waals surface area contributed by atoms with E-state index in [1.165, 1.54) is 57.8 Å². The van der Waals surface area contributed by atoms with Gasteiger partial charge in [-0.25, -0.2) is 9.13 Å². The normalized spacial score (nSPS) is 14.7. The first-order chi connectivity index (χ1) is 52.7. The van der Waals surface area contributed by atoms with Gasteiger partial charge in [0.2, 0.25) is 0 Å². The summed E-state index contributed by atoms with van der Waals surface area (Å²) in [6.07, 6.45) is 94.8. The number of carbonyl (C=O) groups is 4. The molecular weight excluding hydrogens is 1400 g/mol. The second-order valence-electron chi connectivity index (χ2n) is 27.0. The first-order valence-corrected chi connectivity index (χ1v) is 44.4. The van der Waals surface area contributed by atoms with Crippen LogP contribution < -0.4 is 0 Å². The first kappa shape index (κ1) is 102. The molecule has 19 heteroatoms. The molecule has 108 heavy (non-hydrogen) atoms. The Hall–Kier alpha value is -5.58. The van der Waals surface area contributed by atoms with Gasteiger partial charge in [-0.2, -0.15) is 0 Å². The van der Waals surface area contributed by atoms with Crippen LogP contribution in [0.2, 0.25) is 0 Å². The summed E-state index contributed by atoms with van der Waals surface area (Å²) in [4.78, 5) is 73.1. The fraction of sp³-hybridized carbons (Fsp3) is 0.640. The summed E-state index contributed by atoms with van der Waals surface area (Å²) in [5.74, 6) is -2.35. The van der Waals surface area contributed by atoms with Crippen molar-refractivity contribution in [3.63, 3.8) is 0 Å². The van der Waals surface area contributed by atoms with E-state index in [2.05, 4.69) is 180 Å². The van der Waals surface area contributed by atoms with Gasteiger partial charge in [-0.05, 0) is 173 Å². The van der Waals surface area contributed by atoms with Crippen molar-refractivity contribution in [1.29, 1.82) is 0 Å². The van der Waals surface area contributed by atoms with Gasteiger partial charge in [-0.3, -0.25) is 37.3 Å². The monoisotopic (exact) mass is 1550 g/mol. The number of aliphatic hydroxyl groups excluding tert-OH is 1. The fourth-order valence-electron chi connectivity index (χ4n) is 10.3. The van der Waals surface area contributed by atoms with Gasteiger partial charge in [0.25, 0.3) is 0 Å². The van der Waals surface area contributed by atoms with Crippen LogP contribution in [0.4, 0.5) is 0 Å². The van der Waals surface area contributed by atoms with Crippen molar-refractivity contribution in [3.8, 4) is 0 Å². The van der Waals surface area contributed by atoms with Gasteiger partial charge >= 0.3 is 39.5 Å². The highest BCUT2D eigenvalue weighted by Crippen LogP contribution is 2.45. The third-order valence-electron chi connectivity index (χ3n) is 16.6. The molecule has 0 heterocycles. The van der Waals surface area contributed by atoms with Crippen LogP contribution in [0.1, 0.15) is 310 Å². The van der Waals surface area contributed by atoms with Crippen LogP contribution >= 0.6 is 15.6 Å². The SMILES string of the molecule is CC/C=C\C/C=C\C/C=C\C/C=C\C/C=C\CCCCCC(=O)OC[C@H](COP(=O)(O)OC[C@@H](O)COP(=O)(O)OC[C@@H](COC(=O)CC/C=C\C/C=C\C/C=C\C/C=C\C/C=C\CCCCC)OC(=O)CCCCCCC/C=C\C/C=C\CCCCC)OC(=O)CCCCCCC/C=C\C/C=C\CCCCC. The average molecular weight is 1550 g/mol. The molecule has 0 spiro atoms. The minimum absolute atomic E-state index is 0.0291. The number of phosphoric acid groups is 2. The summed E-state index contributed by atoms with van der Waals surface area (Å²) in [5, 5.41) is 10.7. The zero-order chi connectivity index (χ0) is 78.9. The maximum absolute atomic E-state index is 13.1. The van der Waals surface area contributed by atoms with Crippen LogP contribution in [-0.4, -0.2) is 96.7 Å². The van der Waals surface area contributed by atoms with E-state index in [9.17, 15) is 43.2 Å². The molecule has 5 atom stereocenters. The minimum Gasteiger partial charge on any atom is -0.462 e. The van der Waals surface area contributed by atoms with Crippen LogP contribution in [0.25, 0.3) is 0 Å². The average Bonchev–Trinajstić information content (AvgIpc) is 0.923. The van der Waals surface area contributed by atoms with Gasteiger partial charge in [-0.15, -0.1) is 0 Å². The lowest BCUT2D eigenvalue weighted by molar-refractivity contribution is -0.161. The quantitative estimate of drug-likeness (QED) is 0.0169. The number of carbonyl (C=O) groups excluding carboxylic acids is 4. The lowest BCUT2D eigenvalue weighted by atomic mass is 10.1. The molecule has 0 saturated carbocycles. The maximum atomic E-state index is 13.1. The summed E-state index contributed by atoms with van der Waals surface area (Å²) >= 11 is 0. The molecule has 0 rings (SSSR count). The number of unbranched alkanes of at least 4 members (excludes halogenated alkanes) is 22. The van der Waals surface area contributed by atoms with Crippen LogP contribution in [0.5, 0.6) is 0 Å². The number of rotatable bonds is 76. The third-order valence-corrected chi connectivity index (χ3v) is 18.5. The molecule has 0 aliphatic heterocycles. The zero-order valence-corrected chi connectivity index (χ0v) is 69.0.